The number of rotatable bonds is 4. The third kappa shape index (κ3) is 2.40. The summed E-state index contributed by atoms with van der Waals surface area (Å²) in [6, 6.07) is 1.37. The fourth-order valence-electron chi connectivity index (χ4n) is 1.71. The molecule has 0 fully saturated rings. The maximum atomic E-state index is 10.8. The number of pyridine rings is 1. The first kappa shape index (κ1) is 13.0. The average Bonchev–Trinajstić information content (AvgIpc) is 2.81. The van der Waals surface area contributed by atoms with Crippen molar-refractivity contribution in [1.82, 2.24) is 19.7 Å². The maximum absolute atomic E-state index is 10.8. The van der Waals surface area contributed by atoms with Gasteiger partial charge in [0.2, 0.25) is 0 Å². The van der Waals surface area contributed by atoms with E-state index >= 15 is 0 Å². The number of aromatic carboxylic acids is 1. The van der Waals surface area contributed by atoms with Crippen molar-refractivity contribution in [2.24, 2.45) is 0 Å². The summed E-state index contributed by atoms with van der Waals surface area (Å²) in [5, 5.41) is 13.2. The van der Waals surface area contributed by atoms with Crippen molar-refractivity contribution in [3.8, 4) is 5.82 Å². The topological polar surface area (TPSA) is 107 Å². The third-order valence-corrected chi connectivity index (χ3v) is 2.69. The zero-order chi connectivity index (χ0) is 14.0. The molecule has 0 radical (unpaired) electrons. The number of hydrogen-bond acceptors (Lipinski definition) is 5. The molecule has 0 aliphatic rings. The number of aryl methyl sites for hydroxylation is 2. The van der Waals surface area contributed by atoms with E-state index in [1.807, 2.05) is 13.8 Å². The molecule has 100 valence electrons. The lowest BCUT2D eigenvalue weighted by atomic mass is 10.2. The Balaban J connectivity index is 2.52. The highest BCUT2D eigenvalue weighted by atomic mass is 16.4. The zero-order valence-electron chi connectivity index (χ0n) is 10.8. The van der Waals surface area contributed by atoms with E-state index in [1.165, 1.54) is 12.3 Å². The molecule has 0 atom stereocenters. The van der Waals surface area contributed by atoms with Gasteiger partial charge in [0.25, 0.3) is 0 Å². The van der Waals surface area contributed by atoms with Gasteiger partial charge in [-0.2, -0.15) is 4.68 Å². The Hall–Kier alpha value is -2.44. The quantitative estimate of drug-likeness (QED) is 0.852. The summed E-state index contributed by atoms with van der Waals surface area (Å²) < 4.78 is 1.57. The predicted octanol–water partition coefficient (Wildman–Crippen LogP) is 1.07. The van der Waals surface area contributed by atoms with Gasteiger partial charge in [-0.1, -0.05) is 13.8 Å². The number of carbonyl (C=O) groups is 1. The summed E-state index contributed by atoms with van der Waals surface area (Å²) in [5.74, 6) is 0.808. The number of nitrogens with two attached hydrogens (primary N) is 1. The smallest absolute Gasteiger partial charge is 0.337 e. The number of anilines is 1. The Labute approximate surface area is 110 Å². The van der Waals surface area contributed by atoms with Gasteiger partial charge in [0.15, 0.2) is 11.6 Å². The fourth-order valence-corrected chi connectivity index (χ4v) is 1.71. The van der Waals surface area contributed by atoms with Crippen molar-refractivity contribution in [2.45, 2.75) is 26.7 Å². The Kier molecular flexibility index (Phi) is 3.46. The maximum Gasteiger partial charge on any atom is 0.337 e. The van der Waals surface area contributed by atoms with Gasteiger partial charge in [0, 0.05) is 19.0 Å². The highest BCUT2D eigenvalue weighted by Crippen LogP contribution is 2.17. The number of nitrogen functional groups attached to an aromatic ring is 1. The molecule has 2 rings (SSSR count). The van der Waals surface area contributed by atoms with Crippen LogP contribution in [-0.4, -0.2) is 30.8 Å². The minimum Gasteiger partial charge on any atom is -0.478 e. The molecule has 2 heterocycles. The molecule has 0 saturated carbocycles. The molecular weight excluding hydrogens is 246 g/mol. The first-order valence-corrected chi connectivity index (χ1v) is 6.00. The van der Waals surface area contributed by atoms with Crippen LogP contribution in [0, 0.1) is 0 Å². The summed E-state index contributed by atoms with van der Waals surface area (Å²) >= 11 is 0. The van der Waals surface area contributed by atoms with Crippen molar-refractivity contribution >= 4 is 11.7 Å². The van der Waals surface area contributed by atoms with E-state index < -0.39 is 5.97 Å². The summed E-state index contributed by atoms with van der Waals surface area (Å²) in [5.41, 5.74) is 6.17. The Morgan fingerprint density at radius 1 is 1.42 bits per heavy atom. The number of carboxylic acids is 1. The molecule has 7 heteroatoms. The van der Waals surface area contributed by atoms with Crippen LogP contribution in [0.15, 0.2) is 12.3 Å². The molecule has 0 aliphatic heterocycles. The summed E-state index contributed by atoms with van der Waals surface area (Å²) in [4.78, 5) is 19.3. The first-order chi connectivity index (χ1) is 9.06. The molecule has 2 aromatic rings. The molecule has 0 amide bonds. The molecule has 0 unspecified atom stereocenters. The van der Waals surface area contributed by atoms with E-state index in [0.29, 0.717) is 24.5 Å². The number of aromatic nitrogens is 4. The molecule has 0 saturated heterocycles. The van der Waals surface area contributed by atoms with Gasteiger partial charge in [0.1, 0.15) is 5.82 Å². The van der Waals surface area contributed by atoms with Crippen LogP contribution in [0.25, 0.3) is 5.82 Å². The highest BCUT2D eigenvalue weighted by molar-refractivity contribution is 5.88. The lowest BCUT2D eigenvalue weighted by molar-refractivity contribution is 0.0696. The monoisotopic (exact) mass is 261 g/mol. The SMILES string of the molecule is CCc1nc(CC)n(-c2ncc(C(=O)O)cc2N)n1. The molecule has 0 aromatic carbocycles. The molecule has 0 bridgehead atoms. The second kappa shape index (κ2) is 5.05. The van der Waals surface area contributed by atoms with Crippen LogP contribution in [0.5, 0.6) is 0 Å². The lowest BCUT2D eigenvalue weighted by Crippen LogP contribution is -2.10. The van der Waals surface area contributed by atoms with Crippen molar-refractivity contribution in [3.05, 3.63) is 29.5 Å². The van der Waals surface area contributed by atoms with Crippen LogP contribution in [0.4, 0.5) is 5.69 Å². The predicted molar refractivity (Wildman–Crippen MR) is 69.3 cm³/mol. The van der Waals surface area contributed by atoms with Gasteiger partial charge in [-0.3, -0.25) is 0 Å². The fraction of sp³-hybridized carbons (Fsp3) is 0.333. The largest absolute Gasteiger partial charge is 0.478 e. The number of hydrogen-bond donors (Lipinski definition) is 2. The molecule has 2 aromatic heterocycles. The first-order valence-electron chi connectivity index (χ1n) is 6.00. The second-order valence-corrected chi connectivity index (χ2v) is 4.01. The van der Waals surface area contributed by atoms with Gasteiger partial charge < -0.3 is 10.8 Å². The molecule has 3 N–H and O–H groups in total. The van der Waals surface area contributed by atoms with E-state index in [9.17, 15) is 4.79 Å². The van der Waals surface area contributed by atoms with Gasteiger partial charge >= 0.3 is 5.97 Å². The highest BCUT2D eigenvalue weighted by Gasteiger charge is 2.14. The molecule has 0 aliphatic carbocycles. The van der Waals surface area contributed by atoms with Gasteiger partial charge in [0.05, 0.1) is 11.3 Å². The van der Waals surface area contributed by atoms with E-state index in [1.54, 1.807) is 4.68 Å². The van der Waals surface area contributed by atoms with Crippen LogP contribution in [0.1, 0.15) is 35.9 Å². The zero-order valence-corrected chi connectivity index (χ0v) is 10.8. The van der Waals surface area contributed by atoms with Crippen LogP contribution in [0.2, 0.25) is 0 Å². The molecule has 19 heavy (non-hydrogen) atoms. The van der Waals surface area contributed by atoms with E-state index in [2.05, 4.69) is 15.1 Å². The lowest BCUT2D eigenvalue weighted by Gasteiger charge is -2.07. The molecule has 7 nitrogen and oxygen atoms in total. The summed E-state index contributed by atoms with van der Waals surface area (Å²) in [6.07, 6.45) is 2.67. The van der Waals surface area contributed by atoms with Crippen LogP contribution < -0.4 is 5.73 Å². The number of nitrogens with zero attached hydrogens (tertiary/aromatic N) is 4. The number of carboxylic acid groups (broad SMARTS) is 1. The summed E-state index contributed by atoms with van der Waals surface area (Å²) in [6.45, 7) is 3.92. The Bertz CT molecular complexity index is 621. The van der Waals surface area contributed by atoms with Crippen LogP contribution in [0.3, 0.4) is 0 Å². The molecular formula is C12H15N5O2. The average molecular weight is 261 g/mol. The van der Waals surface area contributed by atoms with Gasteiger partial charge in [-0.15, -0.1) is 5.10 Å². The van der Waals surface area contributed by atoms with Crippen molar-refractivity contribution in [3.63, 3.8) is 0 Å². The molecule has 0 spiro atoms. The minimum absolute atomic E-state index is 0.0510. The normalized spacial score (nSPS) is 10.6. The Morgan fingerprint density at radius 3 is 2.68 bits per heavy atom. The third-order valence-electron chi connectivity index (χ3n) is 2.69. The van der Waals surface area contributed by atoms with Gasteiger partial charge in [-0.05, 0) is 6.07 Å². The van der Waals surface area contributed by atoms with E-state index in [0.717, 1.165) is 5.82 Å². The Morgan fingerprint density at radius 2 is 2.16 bits per heavy atom. The van der Waals surface area contributed by atoms with Crippen molar-refractivity contribution in [1.29, 1.82) is 0 Å². The standard InChI is InChI=1S/C12H15N5O2/c1-3-9-15-10(4-2)17(16-9)11-8(13)5-7(6-14-11)12(18)19/h5-6H,3-4,13H2,1-2H3,(H,18,19). The van der Waals surface area contributed by atoms with Gasteiger partial charge in [-0.25, -0.2) is 14.8 Å². The van der Waals surface area contributed by atoms with Crippen molar-refractivity contribution in [2.75, 3.05) is 5.73 Å². The van der Waals surface area contributed by atoms with Crippen LogP contribution >= 0.6 is 0 Å². The van der Waals surface area contributed by atoms with Crippen molar-refractivity contribution < 1.29 is 9.90 Å². The summed E-state index contributed by atoms with van der Waals surface area (Å²) in [7, 11) is 0. The van der Waals surface area contributed by atoms with E-state index in [4.69, 9.17) is 10.8 Å². The second-order valence-electron chi connectivity index (χ2n) is 4.01. The van der Waals surface area contributed by atoms with Crippen LogP contribution in [-0.2, 0) is 12.8 Å². The minimum atomic E-state index is -1.06. The van der Waals surface area contributed by atoms with E-state index in [-0.39, 0.29) is 11.3 Å².